The van der Waals surface area contributed by atoms with Gasteiger partial charge in [0.1, 0.15) is 18.5 Å². The van der Waals surface area contributed by atoms with Gasteiger partial charge >= 0.3 is 0 Å². The highest BCUT2D eigenvalue weighted by Gasteiger charge is 2.36. The van der Waals surface area contributed by atoms with E-state index in [1.54, 1.807) is 43.7 Å². The van der Waals surface area contributed by atoms with E-state index >= 15 is 0 Å². The Kier molecular flexibility index (Phi) is 7.78. The lowest BCUT2D eigenvalue weighted by Gasteiger charge is -2.21. The highest BCUT2D eigenvalue weighted by molar-refractivity contribution is 6.30. The van der Waals surface area contributed by atoms with Crippen molar-refractivity contribution >= 4 is 11.6 Å². The summed E-state index contributed by atoms with van der Waals surface area (Å²) < 4.78 is 10.5. The van der Waals surface area contributed by atoms with Gasteiger partial charge in [-0.25, -0.2) is 0 Å². The number of methoxy groups -OCH3 is 1. The molecule has 0 amide bonds. The summed E-state index contributed by atoms with van der Waals surface area (Å²) in [6, 6.07) is 7.12. The molecule has 4 atom stereocenters. The smallest absolute Gasteiger partial charge is 0.120 e. The Balaban J connectivity index is 1.89. The molecule has 6 heteroatoms. The first-order valence-electron chi connectivity index (χ1n) is 8.32. The molecule has 1 aromatic rings. The maximum Gasteiger partial charge on any atom is 0.120 e. The van der Waals surface area contributed by atoms with Gasteiger partial charge in [-0.1, -0.05) is 29.8 Å². The van der Waals surface area contributed by atoms with Crippen molar-refractivity contribution in [1.29, 1.82) is 0 Å². The summed E-state index contributed by atoms with van der Waals surface area (Å²) >= 11 is 5.91. The summed E-state index contributed by atoms with van der Waals surface area (Å²) in [5.41, 5.74) is 0. The average molecular weight is 368 g/mol. The molecule has 0 radical (unpaired) electrons. The number of aliphatic hydroxyl groups excluding tert-OH is 2. The highest BCUT2D eigenvalue weighted by atomic mass is 35.5. The van der Waals surface area contributed by atoms with Crippen molar-refractivity contribution in [1.82, 2.24) is 4.90 Å². The number of rotatable bonds is 8. The minimum Gasteiger partial charge on any atom is -0.505 e. The second-order valence-corrected chi connectivity index (χ2v) is 6.66. The van der Waals surface area contributed by atoms with Crippen molar-refractivity contribution in [3.05, 3.63) is 53.8 Å². The van der Waals surface area contributed by atoms with Crippen molar-refractivity contribution in [3.63, 3.8) is 0 Å². The maximum atomic E-state index is 10.2. The van der Waals surface area contributed by atoms with Crippen LogP contribution in [0.5, 0.6) is 5.75 Å². The Morgan fingerprint density at radius 1 is 1.44 bits per heavy atom. The molecular formula is C19H26ClNO4. The van der Waals surface area contributed by atoms with Crippen LogP contribution in [0.15, 0.2) is 48.8 Å². The molecule has 1 fully saturated rings. The summed E-state index contributed by atoms with van der Waals surface area (Å²) in [5, 5.41) is 20.9. The van der Waals surface area contributed by atoms with Crippen LogP contribution in [0.25, 0.3) is 0 Å². The molecule has 1 aliphatic heterocycles. The lowest BCUT2D eigenvalue weighted by molar-refractivity contribution is 0.139. The number of likely N-dealkylation sites (tertiary alicyclic amines) is 1. The predicted molar refractivity (Wildman–Crippen MR) is 98.8 cm³/mol. The van der Waals surface area contributed by atoms with Gasteiger partial charge < -0.3 is 19.7 Å². The molecule has 0 saturated carbocycles. The van der Waals surface area contributed by atoms with Gasteiger partial charge in [-0.3, -0.25) is 4.90 Å². The number of hydrogen-bond acceptors (Lipinski definition) is 5. The van der Waals surface area contributed by atoms with Gasteiger partial charge in [-0.2, -0.15) is 0 Å². The summed E-state index contributed by atoms with van der Waals surface area (Å²) in [4.78, 5) is 2.08. The lowest BCUT2D eigenvalue weighted by Crippen LogP contribution is -2.28. The molecule has 0 aliphatic carbocycles. The van der Waals surface area contributed by atoms with E-state index in [1.807, 2.05) is 19.2 Å². The summed E-state index contributed by atoms with van der Waals surface area (Å²) in [6.45, 7) is 0.750. The van der Waals surface area contributed by atoms with Gasteiger partial charge in [0.05, 0.1) is 19.5 Å². The molecule has 5 nitrogen and oxygen atoms in total. The summed E-state index contributed by atoms with van der Waals surface area (Å²) in [6.07, 6.45) is 6.76. The van der Waals surface area contributed by atoms with Crippen molar-refractivity contribution in [2.24, 2.45) is 5.92 Å². The van der Waals surface area contributed by atoms with Crippen molar-refractivity contribution < 1.29 is 19.7 Å². The van der Waals surface area contributed by atoms with Gasteiger partial charge in [0.25, 0.3) is 0 Å². The Hall–Kier alpha value is -1.53. The zero-order valence-corrected chi connectivity index (χ0v) is 15.3. The molecule has 138 valence electrons. The van der Waals surface area contributed by atoms with E-state index in [4.69, 9.17) is 21.1 Å². The average Bonchev–Trinajstić information content (AvgIpc) is 2.85. The van der Waals surface area contributed by atoms with Crippen LogP contribution in [0, 0.1) is 5.92 Å². The second-order valence-electron chi connectivity index (χ2n) is 6.23. The van der Waals surface area contributed by atoms with Crippen LogP contribution in [-0.2, 0) is 4.74 Å². The standard InChI is InChI=1S/C19H26ClNO4/c1-21-12-19(23)17(7-4-10-24-2)18(21)9-8-15(22)13-25-16-6-3-5-14(20)11-16/h3-6,8-11,15,17-19,22-23H,7,12-13H2,1-2H3/b9-8+,10-4+. The topological polar surface area (TPSA) is 62.2 Å². The van der Waals surface area contributed by atoms with E-state index in [1.165, 1.54) is 0 Å². The summed E-state index contributed by atoms with van der Waals surface area (Å²) in [7, 11) is 3.56. The SMILES string of the molecule is CO/C=C/CC1C(O)CN(C)C1/C=C/C(O)COc1cccc(Cl)c1. The number of likely N-dealkylation sites (N-methyl/N-ethyl adjacent to an activating group) is 1. The van der Waals surface area contributed by atoms with Gasteiger partial charge in [0.15, 0.2) is 0 Å². The van der Waals surface area contributed by atoms with Gasteiger partial charge in [0.2, 0.25) is 0 Å². The van der Waals surface area contributed by atoms with Crippen LogP contribution in [0.3, 0.4) is 0 Å². The zero-order chi connectivity index (χ0) is 18.2. The number of β-amino-alcohol motifs (C(OH)–C–C–N with tert-alkyl or cyclic N) is 1. The third-order valence-corrected chi connectivity index (χ3v) is 4.54. The fraction of sp³-hybridized carbons (Fsp3) is 0.474. The molecule has 0 bridgehead atoms. The van der Waals surface area contributed by atoms with E-state index in [2.05, 4.69) is 4.90 Å². The number of nitrogens with zero attached hydrogens (tertiary/aromatic N) is 1. The Morgan fingerprint density at radius 2 is 2.24 bits per heavy atom. The summed E-state index contributed by atoms with van der Waals surface area (Å²) in [5.74, 6) is 0.685. The number of halogens is 1. The lowest BCUT2D eigenvalue weighted by atomic mass is 9.94. The van der Waals surface area contributed by atoms with E-state index in [0.29, 0.717) is 23.7 Å². The molecule has 1 heterocycles. The van der Waals surface area contributed by atoms with Crippen molar-refractivity contribution in [2.45, 2.75) is 24.7 Å². The van der Waals surface area contributed by atoms with Crippen LogP contribution < -0.4 is 4.74 Å². The molecule has 4 unspecified atom stereocenters. The van der Waals surface area contributed by atoms with E-state index < -0.39 is 12.2 Å². The molecule has 1 saturated heterocycles. The minimum atomic E-state index is -0.736. The number of hydrogen-bond donors (Lipinski definition) is 2. The molecule has 0 spiro atoms. The molecule has 1 aliphatic rings. The monoisotopic (exact) mass is 367 g/mol. The van der Waals surface area contributed by atoms with E-state index in [9.17, 15) is 10.2 Å². The predicted octanol–water partition coefficient (Wildman–Crippen LogP) is 2.48. The first-order valence-corrected chi connectivity index (χ1v) is 8.70. The van der Waals surface area contributed by atoms with E-state index in [-0.39, 0.29) is 18.6 Å². The number of allylic oxidation sites excluding steroid dienone is 1. The Labute approximate surface area is 154 Å². The number of ether oxygens (including phenoxy) is 2. The van der Waals surface area contributed by atoms with Crippen molar-refractivity contribution in [2.75, 3.05) is 27.3 Å². The molecule has 1 aromatic carbocycles. The maximum absolute atomic E-state index is 10.2. The Bertz CT molecular complexity index is 593. The highest BCUT2D eigenvalue weighted by Crippen LogP contribution is 2.28. The van der Waals surface area contributed by atoms with E-state index in [0.717, 1.165) is 0 Å². The fourth-order valence-corrected chi connectivity index (χ4v) is 3.22. The molecule has 2 rings (SSSR count). The van der Waals surface area contributed by atoms with Crippen LogP contribution in [-0.4, -0.2) is 60.7 Å². The number of aliphatic hydroxyl groups is 2. The van der Waals surface area contributed by atoms with Crippen LogP contribution in [0.4, 0.5) is 0 Å². The third-order valence-electron chi connectivity index (χ3n) is 4.30. The van der Waals surface area contributed by atoms with Crippen LogP contribution in [0.2, 0.25) is 5.02 Å². The van der Waals surface area contributed by atoms with Gasteiger partial charge in [-0.05, 0) is 37.7 Å². The Morgan fingerprint density at radius 3 is 2.96 bits per heavy atom. The number of benzene rings is 1. The third kappa shape index (κ3) is 6.04. The molecular weight excluding hydrogens is 342 g/mol. The largest absolute Gasteiger partial charge is 0.505 e. The van der Waals surface area contributed by atoms with Crippen molar-refractivity contribution in [3.8, 4) is 5.75 Å². The molecule has 25 heavy (non-hydrogen) atoms. The first kappa shape index (κ1) is 19.8. The minimum absolute atomic E-state index is 0.0531. The quantitative estimate of drug-likeness (QED) is 0.546. The molecule has 0 aromatic heterocycles. The van der Waals surface area contributed by atoms with Gasteiger partial charge in [-0.15, -0.1) is 0 Å². The van der Waals surface area contributed by atoms with Crippen LogP contribution in [0.1, 0.15) is 6.42 Å². The normalized spacial score (nSPS) is 25.7. The second kappa shape index (κ2) is 9.82. The first-order chi connectivity index (χ1) is 12.0. The zero-order valence-electron chi connectivity index (χ0n) is 14.6. The van der Waals surface area contributed by atoms with Gasteiger partial charge in [0, 0.05) is 23.5 Å². The fourth-order valence-electron chi connectivity index (χ4n) is 3.04. The molecule has 2 N–H and O–H groups in total. The van der Waals surface area contributed by atoms with Crippen LogP contribution >= 0.6 is 11.6 Å².